The Labute approximate surface area is 159 Å². The van der Waals surface area contributed by atoms with Gasteiger partial charge in [0, 0.05) is 35.7 Å². The molecule has 0 radical (unpaired) electrons. The van der Waals surface area contributed by atoms with Crippen LogP contribution in [0, 0.1) is 0 Å². The number of carbonyl (C=O) groups is 1. The molecule has 27 heavy (non-hydrogen) atoms. The first-order chi connectivity index (χ1) is 13.2. The van der Waals surface area contributed by atoms with Crippen molar-refractivity contribution in [3.63, 3.8) is 0 Å². The second-order valence-electron chi connectivity index (χ2n) is 6.27. The third-order valence-corrected chi connectivity index (χ3v) is 4.21. The zero-order chi connectivity index (χ0) is 19.1. The first kappa shape index (κ1) is 18.5. The van der Waals surface area contributed by atoms with Crippen LogP contribution < -0.4 is 16.0 Å². The molecule has 1 aromatic heterocycles. The quantitative estimate of drug-likeness (QED) is 0.558. The second-order valence-corrected chi connectivity index (χ2v) is 6.27. The van der Waals surface area contributed by atoms with Crippen LogP contribution in [0.2, 0.25) is 0 Å². The van der Waals surface area contributed by atoms with E-state index in [1.54, 1.807) is 18.3 Å². The van der Waals surface area contributed by atoms with Crippen LogP contribution in [-0.2, 0) is 0 Å². The maximum Gasteiger partial charge on any atom is 0.255 e. The van der Waals surface area contributed by atoms with Crippen LogP contribution in [0.3, 0.4) is 0 Å². The number of pyridine rings is 1. The molecule has 0 aliphatic carbocycles. The van der Waals surface area contributed by atoms with Crippen molar-refractivity contribution in [1.29, 1.82) is 0 Å². The predicted molar refractivity (Wildman–Crippen MR) is 111 cm³/mol. The van der Waals surface area contributed by atoms with Gasteiger partial charge >= 0.3 is 0 Å². The highest BCUT2D eigenvalue weighted by molar-refractivity contribution is 6.04. The smallest absolute Gasteiger partial charge is 0.255 e. The molecule has 0 fully saturated rings. The molecule has 1 heterocycles. The molecule has 5 nitrogen and oxygen atoms in total. The maximum atomic E-state index is 12.4. The van der Waals surface area contributed by atoms with E-state index in [9.17, 15) is 4.79 Å². The average Bonchev–Trinajstić information content (AvgIpc) is 2.70. The van der Waals surface area contributed by atoms with Crippen molar-refractivity contribution in [3.8, 4) is 0 Å². The summed E-state index contributed by atoms with van der Waals surface area (Å²) in [5.74, 6) is 0.537. The van der Waals surface area contributed by atoms with E-state index in [1.807, 2.05) is 49.4 Å². The van der Waals surface area contributed by atoms with E-state index < -0.39 is 0 Å². The molecule has 0 bridgehead atoms. The van der Waals surface area contributed by atoms with Gasteiger partial charge in [0.15, 0.2) is 0 Å². The summed E-state index contributed by atoms with van der Waals surface area (Å²) in [6.45, 7) is 4.87. The van der Waals surface area contributed by atoms with Crippen molar-refractivity contribution < 1.29 is 4.79 Å². The summed E-state index contributed by atoms with van der Waals surface area (Å²) in [6, 6.07) is 21.6. The number of hydrogen-bond acceptors (Lipinski definition) is 4. The van der Waals surface area contributed by atoms with Gasteiger partial charge in [-0.3, -0.25) is 4.79 Å². The lowest BCUT2D eigenvalue weighted by Gasteiger charge is -2.16. The molecule has 1 atom stereocenters. The minimum atomic E-state index is -0.157. The number of carbonyl (C=O) groups excluding carboxylic acids is 1. The van der Waals surface area contributed by atoms with Gasteiger partial charge in [-0.2, -0.15) is 0 Å². The van der Waals surface area contributed by atoms with Crippen molar-refractivity contribution in [2.45, 2.75) is 19.9 Å². The van der Waals surface area contributed by atoms with Crippen molar-refractivity contribution in [1.82, 2.24) is 4.98 Å². The summed E-state index contributed by atoms with van der Waals surface area (Å²) < 4.78 is 0. The van der Waals surface area contributed by atoms with Crippen molar-refractivity contribution in [2.75, 3.05) is 22.5 Å². The van der Waals surface area contributed by atoms with Gasteiger partial charge in [0.1, 0.15) is 5.82 Å². The molecule has 0 saturated heterocycles. The van der Waals surface area contributed by atoms with Gasteiger partial charge in [0.05, 0.1) is 0 Å². The number of rotatable bonds is 7. The first-order valence-electron chi connectivity index (χ1n) is 9.08. The largest absolute Gasteiger partial charge is 0.379 e. The highest BCUT2D eigenvalue weighted by Crippen LogP contribution is 2.21. The monoisotopic (exact) mass is 360 g/mol. The first-order valence-corrected chi connectivity index (χ1v) is 9.08. The summed E-state index contributed by atoms with van der Waals surface area (Å²) in [4.78, 5) is 16.6. The summed E-state index contributed by atoms with van der Waals surface area (Å²) in [5.41, 5.74) is 3.55. The normalized spacial score (nSPS) is 11.5. The Morgan fingerprint density at radius 3 is 2.41 bits per heavy atom. The van der Waals surface area contributed by atoms with Gasteiger partial charge in [-0.15, -0.1) is 0 Å². The standard InChI is InChI=1S/C22H24N4O/c1-3-23-21-15-18(13-14-24-21)22(27)26-20-11-9-19(10-12-20)25-16(2)17-7-5-4-6-8-17/h4-16,25H,3H2,1-2H3,(H,23,24)(H,26,27)/t16-/m1/s1. The maximum absolute atomic E-state index is 12.4. The topological polar surface area (TPSA) is 66.1 Å². The number of nitrogens with one attached hydrogen (secondary N) is 3. The van der Waals surface area contributed by atoms with Crippen LogP contribution in [0.5, 0.6) is 0 Å². The zero-order valence-electron chi connectivity index (χ0n) is 15.6. The van der Waals surface area contributed by atoms with Gasteiger partial charge < -0.3 is 16.0 Å². The van der Waals surface area contributed by atoms with Gasteiger partial charge in [0.2, 0.25) is 0 Å². The molecular formula is C22H24N4O. The van der Waals surface area contributed by atoms with Crippen LogP contribution >= 0.6 is 0 Å². The number of hydrogen-bond donors (Lipinski definition) is 3. The van der Waals surface area contributed by atoms with Crippen LogP contribution in [-0.4, -0.2) is 17.4 Å². The number of benzene rings is 2. The molecule has 0 unspecified atom stereocenters. The number of aromatic nitrogens is 1. The Balaban J connectivity index is 1.62. The molecule has 138 valence electrons. The highest BCUT2D eigenvalue weighted by atomic mass is 16.1. The van der Waals surface area contributed by atoms with Crippen molar-refractivity contribution in [2.24, 2.45) is 0 Å². The fourth-order valence-electron chi connectivity index (χ4n) is 2.78. The minimum Gasteiger partial charge on any atom is -0.379 e. The van der Waals surface area contributed by atoms with E-state index >= 15 is 0 Å². The molecule has 5 heteroatoms. The van der Waals surface area contributed by atoms with Gasteiger partial charge in [-0.1, -0.05) is 30.3 Å². The Bertz CT molecular complexity index is 878. The van der Waals surface area contributed by atoms with Gasteiger partial charge in [0.25, 0.3) is 5.91 Å². The summed E-state index contributed by atoms with van der Waals surface area (Å²) in [7, 11) is 0. The van der Waals surface area contributed by atoms with E-state index in [0.717, 1.165) is 17.9 Å². The SMILES string of the molecule is CCNc1cc(C(=O)Nc2ccc(N[C@H](C)c3ccccc3)cc2)ccn1. The molecule has 3 N–H and O–H groups in total. The molecular weight excluding hydrogens is 336 g/mol. The van der Waals surface area contributed by atoms with Crippen LogP contribution in [0.1, 0.15) is 35.8 Å². The Kier molecular flexibility index (Phi) is 6.05. The molecule has 0 aliphatic rings. The molecule has 0 aliphatic heterocycles. The van der Waals surface area contributed by atoms with Gasteiger partial charge in [-0.25, -0.2) is 4.98 Å². The number of anilines is 3. The third-order valence-electron chi connectivity index (χ3n) is 4.21. The molecule has 2 aromatic carbocycles. The van der Waals surface area contributed by atoms with E-state index in [0.29, 0.717) is 11.4 Å². The Morgan fingerprint density at radius 1 is 1.00 bits per heavy atom. The van der Waals surface area contributed by atoms with Crippen molar-refractivity contribution in [3.05, 3.63) is 84.1 Å². The number of nitrogens with zero attached hydrogens (tertiary/aromatic N) is 1. The summed E-state index contributed by atoms with van der Waals surface area (Å²) in [6.07, 6.45) is 1.63. The lowest BCUT2D eigenvalue weighted by Crippen LogP contribution is -2.13. The average molecular weight is 360 g/mol. The fraction of sp³-hybridized carbons (Fsp3) is 0.182. The molecule has 3 rings (SSSR count). The summed E-state index contributed by atoms with van der Waals surface area (Å²) >= 11 is 0. The molecule has 0 saturated carbocycles. The second kappa shape index (κ2) is 8.85. The predicted octanol–water partition coefficient (Wildman–Crippen LogP) is 4.94. The lowest BCUT2D eigenvalue weighted by molar-refractivity contribution is 0.102. The highest BCUT2D eigenvalue weighted by Gasteiger charge is 2.08. The molecule has 0 spiro atoms. The molecule has 1 amide bonds. The van der Waals surface area contributed by atoms with Crippen LogP contribution in [0.4, 0.5) is 17.2 Å². The molecule has 3 aromatic rings. The summed E-state index contributed by atoms with van der Waals surface area (Å²) in [5, 5.41) is 9.49. The van der Waals surface area contributed by atoms with E-state index in [1.165, 1.54) is 5.56 Å². The lowest BCUT2D eigenvalue weighted by atomic mass is 10.1. The fourth-order valence-corrected chi connectivity index (χ4v) is 2.78. The third kappa shape index (κ3) is 5.07. The van der Waals surface area contributed by atoms with Crippen molar-refractivity contribution >= 4 is 23.1 Å². The Morgan fingerprint density at radius 2 is 1.70 bits per heavy atom. The minimum absolute atomic E-state index is 0.157. The van der Waals surface area contributed by atoms with E-state index in [-0.39, 0.29) is 11.9 Å². The number of amides is 1. The van der Waals surface area contributed by atoms with Crippen LogP contribution in [0.25, 0.3) is 0 Å². The van der Waals surface area contributed by atoms with E-state index in [4.69, 9.17) is 0 Å². The van der Waals surface area contributed by atoms with E-state index in [2.05, 4.69) is 40.0 Å². The van der Waals surface area contributed by atoms with Gasteiger partial charge in [-0.05, 0) is 55.8 Å². The van der Waals surface area contributed by atoms with Crippen LogP contribution in [0.15, 0.2) is 72.9 Å². The Hall–Kier alpha value is -3.34. The zero-order valence-corrected chi connectivity index (χ0v) is 15.6.